The average Bonchev–Trinajstić information content (AvgIpc) is 2.51. The molecule has 11 heteroatoms. The molecule has 2 N–H and O–H groups in total. The summed E-state index contributed by atoms with van der Waals surface area (Å²) in [6.07, 6.45) is 0. The van der Waals surface area contributed by atoms with E-state index in [2.05, 4.69) is 15.9 Å². The van der Waals surface area contributed by atoms with E-state index >= 15 is 0 Å². The molecule has 24 heavy (non-hydrogen) atoms. The second kappa shape index (κ2) is 6.20. The second-order valence-electron chi connectivity index (χ2n) is 4.60. The van der Waals surface area contributed by atoms with Gasteiger partial charge in [-0.15, -0.1) is 0 Å². The molecule has 0 aliphatic carbocycles. The number of sulfonamides is 1. The number of hydrogen-bond donors (Lipinski definition) is 2. The largest absolute Gasteiger partial charge is 0.506 e. The summed E-state index contributed by atoms with van der Waals surface area (Å²) in [6, 6.07) is 2.40. The van der Waals surface area contributed by atoms with Crippen LogP contribution in [0, 0.1) is 36.0 Å². The highest BCUT2D eigenvalue weighted by molar-refractivity contribution is 9.10. The van der Waals surface area contributed by atoms with Gasteiger partial charge in [-0.1, -0.05) is 6.07 Å². The maximum Gasteiger partial charge on any atom is 0.268 e. The maximum absolute atomic E-state index is 13.6. The minimum atomic E-state index is -5.18. The van der Waals surface area contributed by atoms with Crippen LogP contribution in [-0.4, -0.2) is 13.5 Å². The second-order valence-corrected chi connectivity index (χ2v) is 7.01. The van der Waals surface area contributed by atoms with E-state index in [1.165, 1.54) is 13.0 Å². The molecule has 2 aromatic carbocycles. The Kier molecular flexibility index (Phi) is 4.77. The van der Waals surface area contributed by atoms with Crippen LogP contribution in [0.25, 0.3) is 0 Å². The topological polar surface area (TPSA) is 66.4 Å². The van der Waals surface area contributed by atoms with Gasteiger partial charge in [0.15, 0.2) is 28.2 Å². The normalized spacial score (nSPS) is 11.6. The van der Waals surface area contributed by atoms with Crippen molar-refractivity contribution in [3.05, 3.63) is 51.3 Å². The van der Waals surface area contributed by atoms with Crippen LogP contribution >= 0.6 is 15.9 Å². The third-order valence-electron chi connectivity index (χ3n) is 3.00. The quantitative estimate of drug-likeness (QED) is 0.439. The van der Waals surface area contributed by atoms with Gasteiger partial charge in [-0.25, -0.2) is 30.4 Å². The van der Waals surface area contributed by atoms with E-state index in [-0.39, 0.29) is 15.9 Å². The van der Waals surface area contributed by atoms with Gasteiger partial charge in [-0.05, 0) is 34.5 Å². The molecule has 0 spiro atoms. The van der Waals surface area contributed by atoms with Gasteiger partial charge in [0.2, 0.25) is 5.82 Å². The average molecular weight is 432 g/mol. The molecule has 0 aliphatic rings. The summed E-state index contributed by atoms with van der Waals surface area (Å²) in [6.45, 7) is 1.49. The van der Waals surface area contributed by atoms with Gasteiger partial charge in [0.25, 0.3) is 10.0 Å². The van der Waals surface area contributed by atoms with E-state index in [1.807, 2.05) is 0 Å². The van der Waals surface area contributed by atoms with Gasteiger partial charge in [0.05, 0.1) is 10.2 Å². The summed E-state index contributed by atoms with van der Waals surface area (Å²) < 4.78 is 92.2. The molecule has 0 radical (unpaired) electrons. The number of halogens is 6. The molecule has 0 unspecified atom stereocenters. The fourth-order valence-corrected chi connectivity index (χ4v) is 3.64. The van der Waals surface area contributed by atoms with Crippen molar-refractivity contribution in [3.63, 3.8) is 0 Å². The van der Waals surface area contributed by atoms with Gasteiger partial charge in [-0.3, -0.25) is 4.72 Å². The number of benzene rings is 2. The number of rotatable bonds is 3. The lowest BCUT2D eigenvalue weighted by atomic mass is 10.2. The van der Waals surface area contributed by atoms with Crippen molar-refractivity contribution >= 4 is 31.6 Å². The number of hydrogen-bond acceptors (Lipinski definition) is 3. The standard InChI is InChI=1S/C13H7BrF5NO3S/c1-4-2-3-5(6(14)12(4)21)20-24(22,23)13-10(18)8(16)7(15)9(17)11(13)19/h2-3,20-21H,1H3. The molecule has 0 fully saturated rings. The van der Waals surface area contributed by atoms with Crippen LogP contribution in [0.15, 0.2) is 21.5 Å². The molecule has 0 saturated heterocycles. The third kappa shape index (κ3) is 2.93. The number of phenolic OH excluding ortho intramolecular Hbond substituents is 1. The van der Waals surface area contributed by atoms with Crippen LogP contribution in [0.5, 0.6) is 5.75 Å². The molecule has 0 aliphatic heterocycles. The smallest absolute Gasteiger partial charge is 0.268 e. The molecule has 4 nitrogen and oxygen atoms in total. The summed E-state index contributed by atoms with van der Waals surface area (Å²) in [5.41, 5.74) is -0.0110. The molecule has 0 atom stereocenters. The molecule has 0 saturated carbocycles. The van der Waals surface area contributed by atoms with E-state index in [0.29, 0.717) is 5.56 Å². The van der Waals surface area contributed by atoms with Crippen LogP contribution in [0.3, 0.4) is 0 Å². The number of aromatic hydroxyl groups is 1. The molecule has 2 rings (SSSR count). The van der Waals surface area contributed by atoms with E-state index in [1.54, 1.807) is 4.72 Å². The number of nitrogens with one attached hydrogen (secondary N) is 1. The highest BCUT2D eigenvalue weighted by atomic mass is 79.9. The maximum atomic E-state index is 13.6. The summed E-state index contributed by atoms with van der Waals surface area (Å²) in [5.74, 6) is -12.6. The summed E-state index contributed by atoms with van der Waals surface area (Å²) >= 11 is 2.86. The molecule has 0 aromatic heterocycles. The molecule has 0 heterocycles. The van der Waals surface area contributed by atoms with Crippen LogP contribution in [0.4, 0.5) is 27.6 Å². The predicted octanol–water partition coefficient (Wildman–Crippen LogP) is 3.96. The van der Waals surface area contributed by atoms with Crippen molar-refractivity contribution in [1.82, 2.24) is 0 Å². The lowest BCUT2D eigenvalue weighted by Gasteiger charge is -2.13. The minimum Gasteiger partial charge on any atom is -0.506 e. The van der Waals surface area contributed by atoms with Crippen LogP contribution < -0.4 is 4.72 Å². The summed E-state index contributed by atoms with van der Waals surface area (Å²) in [4.78, 5) is -2.02. The summed E-state index contributed by atoms with van der Waals surface area (Å²) in [7, 11) is -5.18. The van der Waals surface area contributed by atoms with Crippen molar-refractivity contribution in [2.75, 3.05) is 4.72 Å². The lowest BCUT2D eigenvalue weighted by Crippen LogP contribution is -2.19. The van der Waals surface area contributed by atoms with Gasteiger partial charge in [-0.2, -0.15) is 0 Å². The van der Waals surface area contributed by atoms with E-state index in [9.17, 15) is 35.5 Å². The Hall–Kier alpha value is -1.88. The zero-order chi connectivity index (χ0) is 18.4. The van der Waals surface area contributed by atoms with Crippen LogP contribution in [-0.2, 0) is 10.0 Å². The SMILES string of the molecule is Cc1ccc(NS(=O)(=O)c2c(F)c(F)c(F)c(F)c2F)c(Br)c1O. The Bertz CT molecular complexity index is 920. The Morgan fingerprint density at radius 2 is 1.42 bits per heavy atom. The first-order chi connectivity index (χ1) is 11.0. The lowest BCUT2D eigenvalue weighted by molar-refractivity contribution is 0.358. The zero-order valence-electron chi connectivity index (χ0n) is 11.6. The van der Waals surface area contributed by atoms with Crippen molar-refractivity contribution in [3.8, 4) is 5.75 Å². The Morgan fingerprint density at radius 1 is 0.958 bits per heavy atom. The van der Waals surface area contributed by atoms with E-state index in [4.69, 9.17) is 0 Å². The predicted molar refractivity (Wildman–Crippen MR) is 77.6 cm³/mol. The highest BCUT2D eigenvalue weighted by Crippen LogP contribution is 2.36. The minimum absolute atomic E-state index is 0.171. The van der Waals surface area contributed by atoms with Gasteiger partial charge < -0.3 is 5.11 Å². The number of phenols is 1. The fraction of sp³-hybridized carbons (Fsp3) is 0.0769. The van der Waals surface area contributed by atoms with Gasteiger partial charge in [0.1, 0.15) is 5.75 Å². The molecule has 130 valence electrons. The van der Waals surface area contributed by atoms with Gasteiger partial charge in [0, 0.05) is 0 Å². The first-order valence-electron chi connectivity index (χ1n) is 6.01. The van der Waals surface area contributed by atoms with Crippen molar-refractivity contribution < 1.29 is 35.5 Å². The highest BCUT2D eigenvalue weighted by Gasteiger charge is 2.34. The Labute approximate surface area is 141 Å². The number of anilines is 1. The molecule has 0 amide bonds. The zero-order valence-corrected chi connectivity index (χ0v) is 14.0. The Morgan fingerprint density at radius 3 is 1.92 bits per heavy atom. The molecular weight excluding hydrogens is 425 g/mol. The van der Waals surface area contributed by atoms with Crippen molar-refractivity contribution in [1.29, 1.82) is 0 Å². The molecule has 2 aromatic rings. The Balaban J connectivity index is 2.64. The third-order valence-corrected chi connectivity index (χ3v) is 5.19. The van der Waals surface area contributed by atoms with Crippen LogP contribution in [0.1, 0.15) is 5.56 Å². The molecule has 0 bridgehead atoms. The summed E-state index contributed by atoms with van der Waals surface area (Å²) in [5, 5.41) is 9.69. The van der Waals surface area contributed by atoms with Crippen molar-refractivity contribution in [2.24, 2.45) is 0 Å². The van der Waals surface area contributed by atoms with E-state index < -0.39 is 44.0 Å². The first kappa shape index (κ1) is 18.5. The van der Waals surface area contributed by atoms with E-state index in [0.717, 1.165) is 6.07 Å². The van der Waals surface area contributed by atoms with Crippen molar-refractivity contribution in [2.45, 2.75) is 11.8 Å². The van der Waals surface area contributed by atoms with Crippen LogP contribution in [0.2, 0.25) is 0 Å². The molecular formula is C13H7BrF5NO3S. The number of aryl methyl sites for hydroxylation is 1. The van der Waals surface area contributed by atoms with Gasteiger partial charge >= 0.3 is 0 Å². The first-order valence-corrected chi connectivity index (χ1v) is 8.29. The monoisotopic (exact) mass is 431 g/mol. The fourth-order valence-electron chi connectivity index (χ4n) is 1.76.